The normalized spacial score (nSPS) is 14.2. The highest BCUT2D eigenvalue weighted by atomic mass is 16.2. The lowest BCUT2D eigenvalue weighted by atomic mass is 10.4. The van der Waals surface area contributed by atoms with Crippen molar-refractivity contribution in [3.05, 3.63) is 20.8 Å². The first-order valence-corrected chi connectivity index (χ1v) is 8.02. The molecule has 3 heterocycles. The van der Waals surface area contributed by atoms with Crippen molar-refractivity contribution in [3.8, 4) is 17.9 Å². The van der Waals surface area contributed by atoms with E-state index in [9.17, 15) is 9.59 Å². The second kappa shape index (κ2) is 6.83. The molecule has 2 aromatic rings. The number of fused-ring (bicyclic) bond motifs is 1. The van der Waals surface area contributed by atoms with Gasteiger partial charge >= 0.3 is 5.69 Å². The van der Waals surface area contributed by atoms with Crippen molar-refractivity contribution in [2.45, 2.75) is 20.0 Å². The van der Waals surface area contributed by atoms with Gasteiger partial charge in [-0.05, 0) is 6.92 Å². The summed E-state index contributed by atoms with van der Waals surface area (Å²) >= 11 is 0. The van der Waals surface area contributed by atoms with Gasteiger partial charge < -0.3 is 10.2 Å². The average Bonchev–Trinajstić information content (AvgIpc) is 3.02. The maximum atomic E-state index is 12.8. The van der Waals surface area contributed by atoms with E-state index in [0.717, 1.165) is 30.7 Å². The van der Waals surface area contributed by atoms with E-state index in [0.29, 0.717) is 23.7 Å². The Labute approximate surface area is 144 Å². The number of imidazole rings is 1. The van der Waals surface area contributed by atoms with Gasteiger partial charge in [0.25, 0.3) is 5.56 Å². The van der Waals surface area contributed by atoms with Crippen molar-refractivity contribution in [1.82, 2.24) is 24.0 Å². The molecule has 25 heavy (non-hydrogen) atoms. The zero-order chi connectivity index (χ0) is 18.0. The van der Waals surface area contributed by atoms with Gasteiger partial charge in [-0.2, -0.15) is 10.2 Å². The zero-order valence-corrected chi connectivity index (χ0v) is 14.2. The standard InChI is InChI=1S/C16H19N7O2/c1-3-4-8-22-12-13(19-15(22)21-10-6-18-7-11-21)20(2)16(25)23(9-5-17)14(12)24/h18H,6-11H2,1-2H3. The zero-order valence-electron chi connectivity index (χ0n) is 14.2. The van der Waals surface area contributed by atoms with E-state index in [2.05, 4.69) is 27.0 Å². The Hall–Kier alpha value is -3.04. The van der Waals surface area contributed by atoms with Crippen molar-refractivity contribution in [2.24, 2.45) is 7.05 Å². The summed E-state index contributed by atoms with van der Waals surface area (Å²) in [6.45, 7) is 4.88. The number of aromatic nitrogens is 4. The molecule has 130 valence electrons. The van der Waals surface area contributed by atoms with E-state index in [1.165, 1.54) is 4.57 Å². The Kier molecular flexibility index (Phi) is 4.59. The van der Waals surface area contributed by atoms with Crippen LogP contribution >= 0.6 is 0 Å². The lowest BCUT2D eigenvalue weighted by molar-refractivity contribution is 0.572. The Morgan fingerprint density at radius 1 is 1.20 bits per heavy atom. The molecular formula is C16H19N7O2. The van der Waals surface area contributed by atoms with Crippen LogP contribution < -0.4 is 21.5 Å². The first-order chi connectivity index (χ1) is 12.1. The van der Waals surface area contributed by atoms with Gasteiger partial charge in [0.15, 0.2) is 11.2 Å². The van der Waals surface area contributed by atoms with E-state index in [-0.39, 0.29) is 6.54 Å². The number of hydrogen-bond donors (Lipinski definition) is 1. The van der Waals surface area contributed by atoms with Crippen LogP contribution in [-0.2, 0) is 20.1 Å². The third-order valence-electron chi connectivity index (χ3n) is 4.25. The largest absolute Gasteiger partial charge is 0.340 e. The molecule has 1 fully saturated rings. The fourth-order valence-corrected chi connectivity index (χ4v) is 2.98. The summed E-state index contributed by atoms with van der Waals surface area (Å²) in [5.41, 5.74) is -0.437. The second-order valence-electron chi connectivity index (χ2n) is 5.72. The highest BCUT2D eigenvalue weighted by molar-refractivity contribution is 5.74. The molecule has 1 aliphatic heterocycles. The molecule has 3 rings (SSSR count). The summed E-state index contributed by atoms with van der Waals surface area (Å²) in [6, 6.07) is 1.86. The van der Waals surface area contributed by atoms with Crippen molar-refractivity contribution >= 4 is 17.1 Å². The summed E-state index contributed by atoms with van der Waals surface area (Å²) in [5.74, 6) is 6.42. The molecule has 0 unspecified atom stereocenters. The monoisotopic (exact) mass is 341 g/mol. The smallest absolute Gasteiger partial charge is 0.333 e. The van der Waals surface area contributed by atoms with E-state index in [4.69, 9.17) is 5.26 Å². The number of aryl methyl sites for hydroxylation is 1. The van der Waals surface area contributed by atoms with Crippen LogP contribution in [0.5, 0.6) is 0 Å². The van der Waals surface area contributed by atoms with Gasteiger partial charge in [-0.3, -0.25) is 13.9 Å². The molecule has 1 saturated heterocycles. The molecule has 0 bridgehead atoms. The predicted molar refractivity (Wildman–Crippen MR) is 93.4 cm³/mol. The van der Waals surface area contributed by atoms with Gasteiger partial charge in [-0.1, -0.05) is 5.92 Å². The molecule has 0 aromatic carbocycles. The van der Waals surface area contributed by atoms with E-state index >= 15 is 0 Å². The molecule has 0 atom stereocenters. The van der Waals surface area contributed by atoms with E-state index in [1.54, 1.807) is 18.5 Å². The average molecular weight is 341 g/mol. The fraction of sp³-hybridized carbons (Fsp3) is 0.500. The lowest BCUT2D eigenvalue weighted by Crippen LogP contribution is -2.44. The first-order valence-electron chi connectivity index (χ1n) is 8.02. The van der Waals surface area contributed by atoms with Gasteiger partial charge in [0.2, 0.25) is 5.95 Å². The first kappa shape index (κ1) is 16.8. The van der Waals surface area contributed by atoms with Gasteiger partial charge in [0, 0.05) is 33.2 Å². The molecular weight excluding hydrogens is 322 g/mol. The Bertz CT molecular complexity index is 1020. The highest BCUT2D eigenvalue weighted by Gasteiger charge is 2.23. The molecule has 0 spiro atoms. The molecule has 0 saturated carbocycles. The maximum absolute atomic E-state index is 12.8. The fourth-order valence-electron chi connectivity index (χ4n) is 2.98. The van der Waals surface area contributed by atoms with Gasteiger partial charge in [0.1, 0.15) is 6.54 Å². The molecule has 2 aromatic heterocycles. The van der Waals surface area contributed by atoms with Gasteiger partial charge in [-0.15, -0.1) is 5.92 Å². The summed E-state index contributed by atoms with van der Waals surface area (Å²) in [6.07, 6.45) is 0. The third kappa shape index (κ3) is 2.79. The number of anilines is 1. The second-order valence-corrected chi connectivity index (χ2v) is 5.72. The van der Waals surface area contributed by atoms with Crippen LogP contribution in [0, 0.1) is 23.2 Å². The Balaban J connectivity index is 2.33. The van der Waals surface area contributed by atoms with Crippen LogP contribution in [0.4, 0.5) is 5.95 Å². The number of rotatable bonds is 3. The van der Waals surface area contributed by atoms with Crippen LogP contribution in [0.2, 0.25) is 0 Å². The number of nitriles is 1. The molecule has 9 nitrogen and oxygen atoms in total. The Morgan fingerprint density at radius 3 is 2.56 bits per heavy atom. The predicted octanol–water partition coefficient (Wildman–Crippen LogP) is -1.15. The number of nitrogens with one attached hydrogen (secondary N) is 1. The summed E-state index contributed by atoms with van der Waals surface area (Å²) in [5, 5.41) is 12.2. The van der Waals surface area contributed by atoms with E-state index < -0.39 is 11.2 Å². The van der Waals surface area contributed by atoms with Crippen molar-refractivity contribution in [2.75, 3.05) is 31.1 Å². The van der Waals surface area contributed by atoms with Crippen molar-refractivity contribution < 1.29 is 0 Å². The summed E-state index contributed by atoms with van der Waals surface area (Å²) in [4.78, 5) is 31.9. The van der Waals surface area contributed by atoms with Crippen LogP contribution in [0.25, 0.3) is 11.2 Å². The molecule has 0 aliphatic carbocycles. The topological polar surface area (TPSA) is 101 Å². The minimum Gasteiger partial charge on any atom is -0.340 e. The molecule has 0 radical (unpaired) electrons. The Morgan fingerprint density at radius 2 is 1.92 bits per heavy atom. The third-order valence-corrected chi connectivity index (χ3v) is 4.25. The van der Waals surface area contributed by atoms with Crippen molar-refractivity contribution in [3.63, 3.8) is 0 Å². The molecule has 1 aliphatic rings. The minimum absolute atomic E-state index is 0.297. The van der Waals surface area contributed by atoms with Crippen LogP contribution in [0.1, 0.15) is 6.92 Å². The minimum atomic E-state index is -0.544. The molecule has 9 heteroatoms. The summed E-state index contributed by atoms with van der Waals surface area (Å²) < 4.78 is 3.99. The van der Waals surface area contributed by atoms with Gasteiger partial charge in [-0.25, -0.2) is 9.36 Å². The number of hydrogen-bond acceptors (Lipinski definition) is 6. The molecule has 0 amide bonds. The SMILES string of the molecule is CC#CCn1c(N2CCNCC2)nc2c1c(=O)n(CC#N)c(=O)n2C. The number of piperazine rings is 1. The highest BCUT2D eigenvalue weighted by Crippen LogP contribution is 2.19. The molecule has 1 N–H and O–H groups in total. The van der Waals surface area contributed by atoms with Crippen LogP contribution in [0.3, 0.4) is 0 Å². The lowest BCUT2D eigenvalue weighted by Gasteiger charge is -2.28. The van der Waals surface area contributed by atoms with Gasteiger partial charge in [0.05, 0.1) is 12.6 Å². The van der Waals surface area contributed by atoms with Crippen LogP contribution in [0.15, 0.2) is 9.59 Å². The summed E-state index contributed by atoms with van der Waals surface area (Å²) in [7, 11) is 1.56. The maximum Gasteiger partial charge on any atom is 0.333 e. The van der Waals surface area contributed by atoms with E-state index in [1.807, 2.05) is 6.07 Å². The van der Waals surface area contributed by atoms with Crippen molar-refractivity contribution in [1.29, 1.82) is 5.26 Å². The number of nitrogens with zero attached hydrogens (tertiary/aromatic N) is 6. The quantitative estimate of drug-likeness (QED) is 0.708. The van der Waals surface area contributed by atoms with Crippen LogP contribution in [-0.4, -0.2) is 44.9 Å².